The lowest BCUT2D eigenvalue weighted by Gasteiger charge is -2.11. The number of nitrogens with zero attached hydrogens (tertiary/aromatic N) is 2. The van der Waals surface area contributed by atoms with E-state index in [1.165, 1.54) is 13.2 Å². The number of pyridine rings is 1. The second kappa shape index (κ2) is 4.51. The van der Waals surface area contributed by atoms with Crippen LogP contribution in [-0.2, 0) is 6.54 Å². The van der Waals surface area contributed by atoms with Crippen LogP contribution in [0.5, 0.6) is 11.6 Å². The minimum Gasteiger partial charge on any atom is -0.492 e. The SMILES string of the molecule is COc1c(C)cc(=O)n(CCC#N)c1O. The molecule has 1 aromatic rings. The molecule has 0 atom stereocenters. The van der Waals surface area contributed by atoms with Gasteiger partial charge in [0.2, 0.25) is 5.88 Å². The summed E-state index contributed by atoms with van der Waals surface area (Å²) in [5, 5.41) is 18.1. The van der Waals surface area contributed by atoms with Gasteiger partial charge in [-0.3, -0.25) is 9.36 Å². The Labute approximate surface area is 87.1 Å². The zero-order valence-corrected chi connectivity index (χ0v) is 8.65. The number of aromatic hydroxyl groups is 1. The first kappa shape index (κ1) is 11.1. The van der Waals surface area contributed by atoms with E-state index >= 15 is 0 Å². The summed E-state index contributed by atoms with van der Waals surface area (Å²) >= 11 is 0. The lowest BCUT2D eigenvalue weighted by atomic mass is 10.2. The van der Waals surface area contributed by atoms with Gasteiger partial charge in [-0.1, -0.05) is 0 Å². The number of hydrogen-bond acceptors (Lipinski definition) is 4. The van der Waals surface area contributed by atoms with Gasteiger partial charge in [0.1, 0.15) is 0 Å². The second-order valence-electron chi connectivity index (χ2n) is 3.08. The van der Waals surface area contributed by atoms with Crippen LogP contribution in [0.2, 0.25) is 0 Å². The predicted octanol–water partition coefficient (Wildman–Crippen LogP) is 0.785. The third-order valence-corrected chi connectivity index (χ3v) is 2.07. The Hall–Kier alpha value is -1.96. The molecule has 1 N–H and O–H groups in total. The van der Waals surface area contributed by atoms with E-state index in [1.54, 1.807) is 6.92 Å². The van der Waals surface area contributed by atoms with Crippen molar-refractivity contribution in [2.75, 3.05) is 7.11 Å². The Balaban J connectivity index is 3.27. The van der Waals surface area contributed by atoms with Crippen LogP contribution in [0.4, 0.5) is 0 Å². The van der Waals surface area contributed by atoms with Gasteiger partial charge in [0, 0.05) is 18.2 Å². The third kappa shape index (κ3) is 2.10. The molecule has 0 unspecified atom stereocenters. The number of aromatic nitrogens is 1. The molecule has 0 aliphatic heterocycles. The van der Waals surface area contributed by atoms with Crippen LogP contribution < -0.4 is 10.3 Å². The third-order valence-electron chi connectivity index (χ3n) is 2.07. The summed E-state index contributed by atoms with van der Waals surface area (Å²) in [6, 6.07) is 3.28. The van der Waals surface area contributed by atoms with Crippen LogP contribution in [0.1, 0.15) is 12.0 Å². The molecule has 1 rings (SSSR count). The molecular weight excluding hydrogens is 196 g/mol. The number of rotatable bonds is 3. The van der Waals surface area contributed by atoms with Crippen LogP contribution in [0.25, 0.3) is 0 Å². The zero-order chi connectivity index (χ0) is 11.4. The van der Waals surface area contributed by atoms with E-state index in [0.29, 0.717) is 5.56 Å². The monoisotopic (exact) mass is 208 g/mol. The number of aryl methyl sites for hydroxylation is 1. The minimum atomic E-state index is -0.332. The molecule has 0 aliphatic rings. The average molecular weight is 208 g/mol. The molecule has 1 heterocycles. The number of methoxy groups -OCH3 is 1. The van der Waals surface area contributed by atoms with Gasteiger partial charge in [0.25, 0.3) is 5.56 Å². The Morgan fingerprint density at radius 2 is 2.33 bits per heavy atom. The molecule has 1 aromatic heterocycles. The maximum Gasteiger partial charge on any atom is 0.253 e. The Bertz CT molecular complexity index is 457. The molecule has 0 saturated heterocycles. The van der Waals surface area contributed by atoms with Crippen LogP contribution in [0, 0.1) is 18.3 Å². The largest absolute Gasteiger partial charge is 0.492 e. The van der Waals surface area contributed by atoms with E-state index in [2.05, 4.69) is 0 Å². The highest BCUT2D eigenvalue weighted by Gasteiger charge is 2.12. The maximum atomic E-state index is 11.5. The van der Waals surface area contributed by atoms with Gasteiger partial charge in [-0.05, 0) is 6.92 Å². The standard InChI is InChI=1S/C10H12N2O3/c1-7-6-8(13)12(5-3-4-11)10(14)9(7)15-2/h6,14H,3,5H2,1-2H3. The normalized spacial score (nSPS) is 9.67. The fourth-order valence-electron chi connectivity index (χ4n) is 1.36. The van der Waals surface area contributed by atoms with Crippen LogP contribution in [-0.4, -0.2) is 16.8 Å². The Morgan fingerprint density at radius 3 is 2.87 bits per heavy atom. The summed E-state index contributed by atoms with van der Waals surface area (Å²) < 4.78 is 6.08. The van der Waals surface area contributed by atoms with Crippen molar-refractivity contribution in [3.63, 3.8) is 0 Å². The van der Waals surface area contributed by atoms with Gasteiger partial charge in [0.05, 0.1) is 19.6 Å². The van der Waals surface area contributed by atoms with E-state index in [1.807, 2.05) is 6.07 Å². The molecule has 5 nitrogen and oxygen atoms in total. The molecule has 0 bridgehead atoms. The molecule has 0 fully saturated rings. The van der Waals surface area contributed by atoms with E-state index in [4.69, 9.17) is 10.00 Å². The molecular formula is C10H12N2O3. The summed E-state index contributed by atoms with van der Waals surface area (Å²) in [5.41, 5.74) is 0.245. The van der Waals surface area contributed by atoms with Crippen molar-refractivity contribution in [3.8, 4) is 17.7 Å². The van der Waals surface area contributed by atoms with Crippen LogP contribution >= 0.6 is 0 Å². The van der Waals surface area contributed by atoms with E-state index < -0.39 is 0 Å². The number of nitriles is 1. The van der Waals surface area contributed by atoms with Crippen molar-refractivity contribution in [2.45, 2.75) is 19.9 Å². The fraction of sp³-hybridized carbons (Fsp3) is 0.400. The van der Waals surface area contributed by atoms with Crippen LogP contribution in [0.15, 0.2) is 10.9 Å². The zero-order valence-electron chi connectivity index (χ0n) is 8.65. The molecule has 0 saturated carbocycles. The topological polar surface area (TPSA) is 75.2 Å². The Morgan fingerprint density at radius 1 is 1.67 bits per heavy atom. The number of hydrogen-bond donors (Lipinski definition) is 1. The summed E-state index contributed by atoms with van der Waals surface area (Å²) in [7, 11) is 1.42. The number of ether oxygens (including phenoxy) is 1. The van der Waals surface area contributed by atoms with Gasteiger partial charge in [-0.15, -0.1) is 0 Å². The molecule has 15 heavy (non-hydrogen) atoms. The Kier molecular flexibility index (Phi) is 3.34. The van der Waals surface area contributed by atoms with E-state index in [-0.39, 0.29) is 30.2 Å². The minimum absolute atomic E-state index is 0.164. The highest BCUT2D eigenvalue weighted by atomic mass is 16.5. The smallest absolute Gasteiger partial charge is 0.253 e. The molecule has 5 heteroatoms. The lowest BCUT2D eigenvalue weighted by molar-refractivity contribution is 0.338. The van der Waals surface area contributed by atoms with Crippen molar-refractivity contribution in [2.24, 2.45) is 0 Å². The van der Waals surface area contributed by atoms with Crippen molar-refractivity contribution in [1.82, 2.24) is 4.57 Å². The highest BCUT2D eigenvalue weighted by Crippen LogP contribution is 2.27. The fourth-order valence-corrected chi connectivity index (χ4v) is 1.36. The van der Waals surface area contributed by atoms with Crippen molar-refractivity contribution in [3.05, 3.63) is 22.0 Å². The highest BCUT2D eigenvalue weighted by molar-refractivity contribution is 5.40. The molecule has 0 amide bonds. The summed E-state index contributed by atoms with van der Waals surface area (Å²) in [4.78, 5) is 11.5. The second-order valence-corrected chi connectivity index (χ2v) is 3.08. The van der Waals surface area contributed by atoms with Gasteiger partial charge < -0.3 is 9.84 Å². The van der Waals surface area contributed by atoms with Gasteiger partial charge in [-0.25, -0.2) is 0 Å². The van der Waals surface area contributed by atoms with Crippen molar-refractivity contribution >= 4 is 0 Å². The first-order valence-corrected chi connectivity index (χ1v) is 4.46. The molecule has 0 spiro atoms. The summed E-state index contributed by atoms with van der Waals surface area (Å²) in [6.45, 7) is 1.84. The molecule has 80 valence electrons. The van der Waals surface area contributed by atoms with Crippen molar-refractivity contribution < 1.29 is 9.84 Å². The molecule has 0 aromatic carbocycles. The predicted molar refractivity (Wildman–Crippen MR) is 53.9 cm³/mol. The van der Waals surface area contributed by atoms with Gasteiger partial charge >= 0.3 is 0 Å². The quantitative estimate of drug-likeness (QED) is 0.796. The van der Waals surface area contributed by atoms with E-state index in [9.17, 15) is 9.90 Å². The first-order chi connectivity index (χ1) is 7.11. The van der Waals surface area contributed by atoms with E-state index in [0.717, 1.165) is 4.57 Å². The maximum absolute atomic E-state index is 11.5. The summed E-state index contributed by atoms with van der Waals surface area (Å²) in [6.07, 6.45) is 0.166. The van der Waals surface area contributed by atoms with Crippen LogP contribution in [0.3, 0.4) is 0 Å². The first-order valence-electron chi connectivity index (χ1n) is 4.46. The summed E-state index contributed by atoms with van der Waals surface area (Å²) in [5.74, 6) is 0.0466. The lowest BCUT2D eigenvalue weighted by Crippen LogP contribution is -2.20. The molecule has 0 aliphatic carbocycles. The van der Waals surface area contributed by atoms with Crippen molar-refractivity contribution in [1.29, 1.82) is 5.26 Å². The average Bonchev–Trinajstić information content (AvgIpc) is 2.17. The van der Waals surface area contributed by atoms with Gasteiger partial charge in [-0.2, -0.15) is 5.26 Å². The molecule has 0 radical (unpaired) electrons. The van der Waals surface area contributed by atoms with Gasteiger partial charge in [0.15, 0.2) is 5.75 Å².